The molecule has 0 radical (unpaired) electrons. The first-order valence-electron chi connectivity index (χ1n) is 7.88. The summed E-state index contributed by atoms with van der Waals surface area (Å²) in [6, 6.07) is 6.28. The van der Waals surface area contributed by atoms with E-state index < -0.39 is 17.2 Å². The molecule has 1 aromatic carbocycles. The third kappa shape index (κ3) is 3.15. The Morgan fingerprint density at radius 3 is 2.52 bits per heavy atom. The van der Waals surface area contributed by atoms with Crippen LogP contribution in [0.25, 0.3) is 22.0 Å². The molecule has 6 heteroatoms. The number of rotatable bonds is 3. The zero-order valence-corrected chi connectivity index (χ0v) is 14.1. The average Bonchev–Trinajstić information content (AvgIpc) is 2.54. The first kappa shape index (κ1) is 16.8. The Morgan fingerprint density at radius 2 is 1.88 bits per heavy atom. The number of nitrogens with one attached hydrogen (secondary N) is 1. The third-order valence-corrected chi connectivity index (χ3v) is 3.86. The number of carbonyl (C=O) groups is 1. The summed E-state index contributed by atoms with van der Waals surface area (Å²) in [4.78, 5) is 31.4. The summed E-state index contributed by atoms with van der Waals surface area (Å²) in [5.41, 5.74) is 2.35. The second-order valence-electron chi connectivity index (χ2n) is 5.77. The minimum Gasteiger partial charge on any atom is -0.462 e. The highest BCUT2D eigenvalue weighted by Crippen LogP contribution is 2.27. The average molecular weight is 340 g/mol. The molecule has 1 N–H and O–H groups in total. The Hall–Kier alpha value is -3.02. The molecule has 3 aromatic rings. The molecule has 0 saturated heterocycles. The van der Waals surface area contributed by atoms with E-state index in [1.807, 2.05) is 13.8 Å². The quantitative estimate of drug-likeness (QED) is 0.741. The minimum absolute atomic E-state index is 0.106. The van der Waals surface area contributed by atoms with Crippen molar-refractivity contribution in [3.63, 3.8) is 0 Å². The maximum Gasteiger partial charge on any atom is 0.343 e. The molecule has 2 aromatic heterocycles. The predicted molar refractivity (Wildman–Crippen MR) is 93.2 cm³/mol. The number of benzene rings is 1. The van der Waals surface area contributed by atoms with E-state index in [1.54, 1.807) is 25.1 Å². The standard InChI is InChI=1S/C19H17FN2O3/c1-4-25-19(24)15-9-21-17-8-13(16(20)7-14(17)18(15)23)12-5-10(2)22-11(3)6-12/h5-9H,4H2,1-3H3,(H,21,23). The van der Waals surface area contributed by atoms with Gasteiger partial charge in [-0.3, -0.25) is 9.78 Å². The summed E-state index contributed by atoms with van der Waals surface area (Å²) in [6.07, 6.45) is 1.30. The monoisotopic (exact) mass is 340 g/mol. The highest BCUT2D eigenvalue weighted by atomic mass is 19.1. The second kappa shape index (κ2) is 6.47. The molecule has 0 spiro atoms. The number of aryl methyl sites for hydroxylation is 2. The molecule has 0 aliphatic heterocycles. The number of aromatic amines is 1. The van der Waals surface area contributed by atoms with Crippen LogP contribution in [-0.4, -0.2) is 22.5 Å². The smallest absolute Gasteiger partial charge is 0.343 e. The van der Waals surface area contributed by atoms with Crippen molar-refractivity contribution in [3.05, 3.63) is 63.5 Å². The molecule has 0 saturated carbocycles. The van der Waals surface area contributed by atoms with Gasteiger partial charge in [-0.05, 0) is 50.6 Å². The van der Waals surface area contributed by atoms with E-state index in [-0.39, 0.29) is 17.6 Å². The summed E-state index contributed by atoms with van der Waals surface area (Å²) >= 11 is 0. The number of carbonyl (C=O) groups excluding carboxylic acids is 1. The van der Waals surface area contributed by atoms with Crippen molar-refractivity contribution in [2.24, 2.45) is 0 Å². The molecule has 0 amide bonds. The van der Waals surface area contributed by atoms with Gasteiger partial charge in [0.05, 0.1) is 12.1 Å². The minimum atomic E-state index is -0.726. The van der Waals surface area contributed by atoms with Crippen molar-refractivity contribution in [2.75, 3.05) is 6.61 Å². The van der Waals surface area contributed by atoms with Crippen LogP contribution >= 0.6 is 0 Å². The number of hydrogen-bond acceptors (Lipinski definition) is 4. The lowest BCUT2D eigenvalue weighted by Crippen LogP contribution is -2.18. The van der Waals surface area contributed by atoms with Gasteiger partial charge in [0.15, 0.2) is 0 Å². The number of fused-ring (bicyclic) bond motifs is 1. The summed E-state index contributed by atoms with van der Waals surface area (Å²) in [5, 5.41) is 0.106. The van der Waals surface area contributed by atoms with Crippen LogP contribution in [0, 0.1) is 19.7 Å². The highest BCUT2D eigenvalue weighted by Gasteiger charge is 2.16. The van der Waals surface area contributed by atoms with Crippen molar-refractivity contribution < 1.29 is 13.9 Å². The van der Waals surface area contributed by atoms with Crippen LogP contribution in [0.2, 0.25) is 0 Å². The molecule has 5 nitrogen and oxygen atoms in total. The zero-order valence-electron chi connectivity index (χ0n) is 14.1. The maximum absolute atomic E-state index is 14.6. The Kier molecular flexibility index (Phi) is 4.35. The van der Waals surface area contributed by atoms with E-state index in [0.29, 0.717) is 16.6 Å². The summed E-state index contributed by atoms with van der Waals surface area (Å²) in [7, 11) is 0. The van der Waals surface area contributed by atoms with Crippen LogP contribution in [0.1, 0.15) is 28.7 Å². The molecule has 0 fully saturated rings. The van der Waals surface area contributed by atoms with Crippen molar-refractivity contribution in [3.8, 4) is 11.1 Å². The molecular weight excluding hydrogens is 323 g/mol. The second-order valence-corrected chi connectivity index (χ2v) is 5.77. The number of ether oxygens (including phenoxy) is 1. The van der Waals surface area contributed by atoms with E-state index >= 15 is 0 Å². The summed E-state index contributed by atoms with van der Waals surface area (Å²) in [5.74, 6) is -1.26. The predicted octanol–water partition coefficient (Wildman–Crippen LogP) is 3.52. The molecule has 0 atom stereocenters. The van der Waals surface area contributed by atoms with Crippen LogP contribution < -0.4 is 5.43 Å². The first-order valence-corrected chi connectivity index (χ1v) is 7.88. The summed E-state index contributed by atoms with van der Waals surface area (Å²) < 4.78 is 19.5. The normalized spacial score (nSPS) is 10.9. The number of H-pyrrole nitrogens is 1. The van der Waals surface area contributed by atoms with Crippen LogP contribution in [0.3, 0.4) is 0 Å². The van der Waals surface area contributed by atoms with Gasteiger partial charge in [-0.25, -0.2) is 9.18 Å². The van der Waals surface area contributed by atoms with Gasteiger partial charge >= 0.3 is 5.97 Å². The van der Waals surface area contributed by atoms with Gasteiger partial charge in [0.25, 0.3) is 0 Å². The Bertz CT molecular complexity index is 1020. The fourth-order valence-electron chi connectivity index (χ4n) is 2.81. The van der Waals surface area contributed by atoms with Gasteiger partial charge in [-0.2, -0.15) is 0 Å². The molecule has 0 aliphatic carbocycles. The molecule has 0 aliphatic rings. The van der Waals surface area contributed by atoms with Crippen LogP contribution in [0.4, 0.5) is 4.39 Å². The molecular formula is C19H17FN2O3. The lowest BCUT2D eigenvalue weighted by Gasteiger charge is -2.09. The van der Waals surface area contributed by atoms with E-state index in [4.69, 9.17) is 4.74 Å². The van der Waals surface area contributed by atoms with E-state index in [9.17, 15) is 14.0 Å². The van der Waals surface area contributed by atoms with Gasteiger partial charge < -0.3 is 9.72 Å². The van der Waals surface area contributed by atoms with Gasteiger partial charge in [-0.1, -0.05) is 0 Å². The SMILES string of the molecule is CCOC(=O)c1c[nH]c2cc(-c3cc(C)nc(C)c3)c(F)cc2c1=O. The molecule has 2 heterocycles. The number of hydrogen-bond donors (Lipinski definition) is 1. The van der Waals surface area contributed by atoms with Crippen LogP contribution in [0.15, 0.2) is 35.3 Å². The van der Waals surface area contributed by atoms with Crippen molar-refractivity contribution >= 4 is 16.9 Å². The van der Waals surface area contributed by atoms with Crippen LogP contribution in [-0.2, 0) is 4.74 Å². The van der Waals surface area contributed by atoms with Crippen molar-refractivity contribution in [1.29, 1.82) is 0 Å². The Labute approximate surface area is 143 Å². The first-order chi connectivity index (χ1) is 11.9. The lowest BCUT2D eigenvalue weighted by molar-refractivity contribution is 0.0524. The highest BCUT2D eigenvalue weighted by molar-refractivity contribution is 5.94. The van der Waals surface area contributed by atoms with Gasteiger partial charge in [0.2, 0.25) is 5.43 Å². The van der Waals surface area contributed by atoms with Gasteiger partial charge in [0.1, 0.15) is 11.4 Å². The van der Waals surface area contributed by atoms with E-state index in [2.05, 4.69) is 9.97 Å². The number of halogens is 1. The topological polar surface area (TPSA) is 72.1 Å². The molecule has 0 unspecified atom stereocenters. The van der Waals surface area contributed by atoms with E-state index in [1.165, 1.54) is 6.20 Å². The molecule has 0 bridgehead atoms. The van der Waals surface area contributed by atoms with Gasteiger partial charge in [-0.15, -0.1) is 0 Å². The Balaban J connectivity index is 2.19. The van der Waals surface area contributed by atoms with E-state index in [0.717, 1.165) is 17.5 Å². The van der Waals surface area contributed by atoms with Crippen molar-refractivity contribution in [2.45, 2.75) is 20.8 Å². The molecule has 3 rings (SSSR count). The fraction of sp³-hybridized carbons (Fsp3) is 0.211. The number of aromatic nitrogens is 2. The number of esters is 1. The lowest BCUT2D eigenvalue weighted by atomic mass is 10.0. The fourth-order valence-corrected chi connectivity index (χ4v) is 2.81. The molecule has 128 valence electrons. The largest absolute Gasteiger partial charge is 0.462 e. The number of pyridine rings is 2. The zero-order chi connectivity index (χ0) is 18.1. The van der Waals surface area contributed by atoms with Gasteiger partial charge in [0, 0.05) is 28.5 Å². The van der Waals surface area contributed by atoms with Crippen LogP contribution in [0.5, 0.6) is 0 Å². The summed E-state index contributed by atoms with van der Waals surface area (Å²) in [6.45, 7) is 5.48. The van der Waals surface area contributed by atoms with Crippen molar-refractivity contribution in [1.82, 2.24) is 9.97 Å². The molecule has 25 heavy (non-hydrogen) atoms. The number of nitrogens with zero attached hydrogens (tertiary/aromatic N) is 1. The maximum atomic E-state index is 14.6. The Morgan fingerprint density at radius 1 is 1.20 bits per heavy atom. The third-order valence-electron chi connectivity index (χ3n) is 3.86.